The number of halogens is 1. The summed E-state index contributed by atoms with van der Waals surface area (Å²) in [4.78, 5) is -0.305. The quantitative estimate of drug-likeness (QED) is 0.803. The molecule has 0 radical (unpaired) electrons. The van der Waals surface area contributed by atoms with Gasteiger partial charge in [-0.05, 0) is 31.0 Å². The van der Waals surface area contributed by atoms with Crippen LogP contribution in [0.2, 0.25) is 0 Å². The van der Waals surface area contributed by atoms with Crippen molar-refractivity contribution in [2.75, 3.05) is 19.8 Å². The van der Waals surface area contributed by atoms with Gasteiger partial charge in [-0.2, -0.15) is 11.8 Å². The van der Waals surface area contributed by atoms with Gasteiger partial charge >= 0.3 is 0 Å². The summed E-state index contributed by atoms with van der Waals surface area (Å²) < 4.78 is 40.2. The number of thioether (sulfide) groups is 1. The molecule has 0 amide bonds. The van der Waals surface area contributed by atoms with Crippen LogP contribution in [0.3, 0.4) is 0 Å². The van der Waals surface area contributed by atoms with Gasteiger partial charge in [0.1, 0.15) is 10.7 Å². The molecule has 0 aliphatic carbocycles. The molecule has 19 heavy (non-hydrogen) atoms. The molecule has 7 heteroatoms. The summed E-state index contributed by atoms with van der Waals surface area (Å²) in [7, 11) is -2.04. The van der Waals surface area contributed by atoms with Gasteiger partial charge < -0.3 is 5.32 Å². The Morgan fingerprint density at radius 2 is 2.11 bits per heavy atom. The molecule has 0 aromatic heterocycles. The van der Waals surface area contributed by atoms with E-state index in [9.17, 15) is 12.8 Å². The third-order valence-corrected chi connectivity index (χ3v) is 5.06. The van der Waals surface area contributed by atoms with Crippen molar-refractivity contribution < 1.29 is 12.8 Å². The van der Waals surface area contributed by atoms with Gasteiger partial charge in [-0.15, -0.1) is 0 Å². The predicted octanol–water partition coefficient (Wildman–Crippen LogP) is 1.57. The Morgan fingerprint density at radius 3 is 2.63 bits per heavy atom. The second-order valence-electron chi connectivity index (χ2n) is 4.19. The molecular formula is C12H19FN2O2S2. The molecule has 4 nitrogen and oxygen atoms in total. The van der Waals surface area contributed by atoms with E-state index in [0.717, 1.165) is 0 Å². The van der Waals surface area contributed by atoms with Crippen LogP contribution < -0.4 is 10.0 Å². The Hall–Kier alpha value is -0.630. The zero-order valence-corrected chi connectivity index (χ0v) is 12.9. The first-order valence-electron chi connectivity index (χ1n) is 5.86. The SMILES string of the molecule is CNCc1ccc(S(=O)(=O)NCC(C)SC)c(F)c1. The molecular weight excluding hydrogens is 287 g/mol. The molecule has 0 heterocycles. The molecule has 1 aromatic carbocycles. The average molecular weight is 306 g/mol. The molecule has 0 aliphatic heterocycles. The van der Waals surface area contributed by atoms with Crippen molar-refractivity contribution in [3.63, 3.8) is 0 Å². The second kappa shape index (κ2) is 7.23. The van der Waals surface area contributed by atoms with E-state index in [1.165, 1.54) is 12.1 Å². The van der Waals surface area contributed by atoms with E-state index >= 15 is 0 Å². The van der Waals surface area contributed by atoms with Gasteiger partial charge in [-0.3, -0.25) is 0 Å². The van der Waals surface area contributed by atoms with Crippen molar-refractivity contribution in [2.24, 2.45) is 0 Å². The Balaban J connectivity index is 2.89. The van der Waals surface area contributed by atoms with Crippen LogP contribution in [0.5, 0.6) is 0 Å². The molecule has 0 saturated carbocycles. The van der Waals surface area contributed by atoms with Crippen LogP contribution in [0.25, 0.3) is 0 Å². The van der Waals surface area contributed by atoms with Crippen LogP contribution in [-0.4, -0.2) is 33.5 Å². The largest absolute Gasteiger partial charge is 0.316 e. The van der Waals surface area contributed by atoms with Crippen molar-refractivity contribution in [1.29, 1.82) is 0 Å². The fraction of sp³-hybridized carbons (Fsp3) is 0.500. The van der Waals surface area contributed by atoms with Crippen LogP contribution in [0.4, 0.5) is 4.39 Å². The molecule has 1 unspecified atom stereocenters. The highest BCUT2D eigenvalue weighted by Crippen LogP contribution is 2.16. The fourth-order valence-electron chi connectivity index (χ4n) is 1.46. The van der Waals surface area contributed by atoms with Gasteiger partial charge in [-0.25, -0.2) is 17.5 Å². The Kier molecular flexibility index (Phi) is 6.25. The van der Waals surface area contributed by atoms with E-state index in [1.807, 2.05) is 13.2 Å². The first-order chi connectivity index (χ1) is 8.90. The zero-order valence-electron chi connectivity index (χ0n) is 11.2. The Morgan fingerprint density at radius 1 is 1.42 bits per heavy atom. The molecule has 1 rings (SSSR count). The maximum Gasteiger partial charge on any atom is 0.243 e. The number of hydrogen-bond acceptors (Lipinski definition) is 4. The summed E-state index contributed by atoms with van der Waals surface area (Å²) in [5, 5.41) is 3.02. The van der Waals surface area contributed by atoms with Crippen molar-refractivity contribution in [3.05, 3.63) is 29.6 Å². The number of rotatable bonds is 7. The van der Waals surface area contributed by atoms with Gasteiger partial charge in [-0.1, -0.05) is 13.0 Å². The summed E-state index contributed by atoms with van der Waals surface area (Å²) in [6.07, 6.45) is 1.89. The maximum absolute atomic E-state index is 13.8. The molecule has 0 bridgehead atoms. The maximum atomic E-state index is 13.8. The van der Waals surface area contributed by atoms with Crippen LogP contribution >= 0.6 is 11.8 Å². The summed E-state index contributed by atoms with van der Waals surface area (Å²) in [5.41, 5.74) is 0.705. The smallest absolute Gasteiger partial charge is 0.243 e. The van der Waals surface area contributed by atoms with Crippen LogP contribution in [0.15, 0.2) is 23.1 Å². The van der Waals surface area contributed by atoms with E-state index in [1.54, 1.807) is 24.9 Å². The second-order valence-corrected chi connectivity index (χ2v) is 7.20. The highest BCUT2D eigenvalue weighted by molar-refractivity contribution is 7.99. The predicted molar refractivity (Wildman–Crippen MR) is 77.3 cm³/mol. The molecule has 0 aliphatic rings. The van der Waals surface area contributed by atoms with E-state index in [2.05, 4.69) is 10.0 Å². The molecule has 1 aromatic rings. The van der Waals surface area contributed by atoms with Gasteiger partial charge in [0.2, 0.25) is 10.0 Å². The third kappa shape index (κ3) is 4.76. The lowest BCUT2D eigenvalue weighted by molar-refractivity contribution is 0.555. The number of benzene rings is 1. The van der Waals surface area contributed by atoms with E-state index < -0.39 is 15.8 Å². The van der Waals surface area contributed by atoms with Crippen molar-refractivity contribution in [1.82, 2.24) is 10.0 Å². The normalized spacial score (nSPS) is 13.5. The molecule has 0 fully saturated rings. The highest BCUT2D eigenvalue weighted by atomic mass is 32.2. The van der Waals surface area contributed by atoms with Gasteiger partial charge in [0.25, 0.3) is 0 Å². The number of nitrogens with one attached hydrogen (secondary N) is 2. The minimum atomic E-state index is -3.79. The Labute approximate surface area is 118 Å². The van der Waals surface area contributed by atoms with Crippen LogP contribution in [0, 0.1) is 5.82 Å². The summed E-state index contributed by atoms with van der Waals surface area (Å²) in [6, 6.07) is 4.14. The Bertz CT molecular complexity index is 520. The van der Waals surface area contributed by atoms with Crippen molar-refractivity contribution in [3.8, 4) is 0 Å². The summed E-state index contributed by atoms with van der Waals surface area (Å²) in [6.45, 7) is 2.68. The lowest BCUT2D eigenvalue weighted by Gasteiger charge is -2.11. The van der Waals surface area contributed by atoms with E-state index in [4.69, 9.17) is 0 Å². The van der Waals surface area contributed by atoms with Gasteiger partial charge in [0.15, 0.2) is 0 Å². The minimum absolute atomic E-state index is 0.140. The molecule has 0 saturated heterocycles. The third-order valence-electron chi connectivity index (χ3n) is 2.63. The van der Waals surface area contributed by atoms with Crippen LogP contribution in [-0.2, 0) is 16.6 Å². The summed E-state index contributed by atoms with van der Waals surface area (Å²) in [5.74, 6) is -0.725. The number of sulfonamides is 1. The first kappa shape index (κ1) is 16.4. The topological polar surface area (TPSA) is 58.2 Å². The molecule has 1 atom stereocenters. The molecule has 108 valence electrons. The fourth-order valence-corrected chi connectivity index (χ4v) is 3.01. The standard InChI is InChI=1S/C12H19FN2O2S2/c1-9(18-3)7-15-19(16,17)12-5-4-10(8-14-2)6-11(12)13/h4-6,9,14-15H,7-8H2,1-3H3. The number of hydrogen-bond donors (Lipinski definition) is 2. The molecule has 2 N–H and O–H groups in total. The first-order valence-corrected chi connectivity index (χ1v) is 8.63. The monoisotopic (exact) mass is 306 g/mol. The zero-order chi connectivity index (χ0) is 14.5. The van der Waals surface area contributed by atoms with Gasteiger partial charge in [0.05, 0.1) is 0 Å². The van der Waals surface area contributed by atoms with Crippen molar-refractivity contribution >= 4 is 21.8 Å². The lowest BCUT2D eigenvalue weighted by Crippen LogP contribution is -2.30. The lowest BCUT2D eigenvalue weighted by atomic mass is 10.2. The van der Waals surface area contributed by atoms with Gasteiger partial charge in [0, 0.05) is 18.3 Å². The summed E-state index contributed by atoms with van der Waals surface area (Å²) >= 11 is 1.54. The van der Waals surface area contributed by atoms with E-state index in [-0.39, 0.29) is 16.7 Å². The average Bonchev–Trinajstić information content (AvgIpc) is 2.36. The van der Waals surface area contributed by atoms with Crippen molar-refractivity contribution in [2.45, 2.75) is 23.6 Å². The van der Waals surface area contributed by atoms with E-state index in [0.29, 0.717) is 12.1 Å². The minimum Gasteiger partial charge on any atom is -0.316 e. The highest BCUT2D eigenvalue weighted by Gasteiger charge is 2.19. The molecule has 0 spiro atoms. The van der Waals surface area contributed by atoms with Crippen LogP contribution in [0.1, 0.15) is 12.5 Å².